The number of ether oxygens (including phenoxy) is 1. The third-order valence-corrected chi connectivity index (χ3v) is 7.10. The molecule has 0 spiro atoms. The van der Waals surface area contributed by atoms with Gasteiger partial charge in [0.1, 0.15) is 16.2 Å². The van der Waals surface area contributed by atoms with E-state index in [1.165, 1.54) is 22.0 Å². The Kier molecular flexibility index (Phi) is 7.94. The number of rotatable bonds is 8. The zero-order chi connectivity index (χ0) is 22.4. The summed E-state index contributed by atoms with van der Waals surface area (Å²) in [6, 6.07) is 2.00. The number of carbonyl (C=O) groups is 2. The number of likely N-dealkylation sites (N-methyl/N-ethyl adjacent to an activating group) is 1. The van der Waals surface area contributed by atoms with Crippen LogP contribution in [0.25, 0.3) is 22.7 Å². The zero-order valence-corrected chi connectivity index (χ0v) is 19.9. The van der Waals surface area contributed by atoms with E-state index < -0.39 is 5.97 Å². The third kappa shape index (κ3) is 5.57. The molecule has 0 N–H and O–H groups in total. The van der Waals surface area contributed by atoms with Crippen molar-refractivity contribution < 1.29 is 14.3 Å². The van der Waals surface area contributed by atoms with E-state index in [-0.39, 0.29) is 24.6 Å². The summed E-state index contributed by atoms with van der Waals surface area (Å²) in [5, 5.41) is 6.76. The minimum Gasteiger partial charge on any atom is -0.463 e. The van der Waals surface area contributed by atoms with Crippen LogP contribution in [0.4, 0.5) is 0 Å². The fourth-order valence-corrected chi connectivity index (χ4v) is 5.40. The second kappa shape index (κ2) is 10.7. The molecule has 0 aliphatic rings. The van der Waals surface area contributed by atoms with E-state index in [4.69, 9.17) is 4.74 Å². The third-order valence-electron chi connectivity index (χ3n) is 4.44. The summed E-state index contributed by atoms with van der Waals surface area (Å²) in [5.74, 6) is -0.726. The maximum atomic E-state index is 13.1. The van der Waals surface area contributed by atoms with E-state index in [1.54, 1.807) is 29.2 Å². The van der Waals surface area contributed by atoms with Crippen LogP contribution in [0.2, 0.25) is 0 Å². The van der Waals surface area contributed by atoms with Gasteiger partial charge in [0.15, 0.2) is 0 Å². The highest BCUT2D eigenvalue weighted by atomic mass is 32.1. The number of carbonyl (C=O) groups excluding carboxylic acids is 2. The SMILES string of the molecule is CCOC(=O)/C=c1/s/c(=C/c2csc(-c3ccsc3)n2)c(=O)n1CC(=O)N(CC)CC. The molecule has 3 aromatic rings. The van der Waals surface area contributed by atoms with Crippen molar-refractivity contribution in [3.63, 3.8) is 0 Å². The molecule has 0 aromatic carbocycles. The quantitative estimate of drug-likeness (QED) is 0.465. The summed E-state index contributed by atoms with van der Waals surface area (Å²) < 4.78 is 7.11. The average molecular weight is 478 g/mol. The van der Waals surface area contributed by atoms with Crippen molar-refractivity contribution in [2.75, 3.05) is 19.7 Å². The first-order valence-corrected chi connectivity index (χ1v) is 12.5. The first kappa shape index (κ1) is 23.1. The lowest BCUT2D eigenvalue weighted by Crippen LogP contribution is -2.40. The van der Waals surface area contributed by atoms with E-state index in [0.717, 1.165) is 21.9 Å². The molecule has 0 bridgehead atoms. The number of esters is 1. The highest BCUT2D eigenvalue weighted by molar-refractivity contribution is 7.14. The molecule has 1 amide bonds. The van der Waals surface area contributed by atoms with Crippen LogP contribution in [-0.2, 0) is 20.9 Å². The molecule has 10 heteroatoms. The fraction of sp³-hybridized carbons (Fsp3) is 0.333. The average Bonchev–Trinajstić information content (AvgIpc) is 3.48. The first-order chi connectivity index (χ1) is 15.0. The van der Waals surface area contributed by atoms with Crippen LogP contribution >= 0.6 is 34.0 Å². The Hall–Kier alpha value is -2.56. The van der Waals surface area contributed by atoms with Crippen molar-refractivity contribution in [3.05, 3.63) is 47.4 Å². The van der Waals surface area contributed by atoms with E-state index >= 15 is 0 Å². The highest BCUT2D eigenvalue weighted by Crippen LogP contribution is 2.25. The minimum atomic E-state index is -0.548. The monoisotopic (exact) mass is 477 g/mol. The molecule has 3 aromatic heterocycles. The maximum absolute atomic E-state index is 13.1. The van der Waals surface area contributed by atoms with Crippen molar-refractivity contribution in [1.82, 2.24) is 14.5 Å². The van der Waals surface area contributed by atoms with Crippen molar-refractivity contribution in [2.45, 2.75) is 27.3 Å². The number of hydrogen-bond donors (Lipinski definition) is 0. The summed E-state index contributed by atoms with van der Waals surface area (Å²) in [6.45, 7) is 6.68. The number of thiophene rings is 1. The molecule has 0 atom stereocenters. The summed E-state index contributed by atoms with van der Waals surface area (Å²) in [7, 11) is 0. The minimum absolute atomic E-state index is 0.132. The van der Waals surface area contributed by atoms with Gasteiger partial charge in [-0.05, 0) is 38.3 Å². The lowest BCUT2D eigenvalue weighted by molar-refractivity contribution is -0.135. The topological polar surface area (TPSA) is 81.5 Å². The van der Waals surface area contributed by atoms with E-state index in [1.807, 2.05) is 36.1 Å². The van der Waals surface area contributed by atoms with Gasteiger partial charge < -0.3 is 9.64 Å². The Bertz CT molecular complexity index is 1220. The molecule has 0 unspecified atom stereocenters. The van der Waals surface area contributed by atoms with Crippen LogP contribution in [0.3, 0.4) is 0 Å². The van der Waals surface area contributed by atoms with Crippen LogP contribution in [-0.4, -0.2) is 46.0 Å². The largest absolute Gasteiger partial charge is 0.463 e. The smallest absolute Gasteiger partial charge is 0.333 e. The molecule has 7 nitrogen and oxygen atoms in total. The van der Waals surface area contributed by atoms with Crippen molar-refractivity contribution >= 4 is 58.0 Å². The van der Waals surface area contributed by atoms with Crippen LogP contribution in [0, 0.1) is 0 Å². The van der Waals surface area contributed by atoms with E-state index in [9.17, 15) is 14.4 Å². The summed E-state index contributed by atoms with van der Waals surface area (Å²) in [4.78, 5) is 43.9. The Labute approximate surface area is 191 Å². The molecule has 164 valence electrons. The predicted molar refractivity (Wildman–Crippen MR) is 126 cm³/mol. The summed E-state index contributed by atoms with van der Waals surface area (Å²) in [6.07, 6.45) is 2.96. The lowest BCUT2D eigenvalue weighted by Gasteiger charge is -2.18. The standard InChI is InChI=1S/C21H23N3O4S3/c1-4-23(5-2)17(25)11-24-18(10-19(26)28-6-3)31-16(21(24)27)9-15-13-30-20(22-15)14-7-8-29-12-14/h7-10,12-13H,4-6,11H2,1-3H3/b16-9+,18-10+. The molecule has 31 heavy (non-hydrogen) atoms. The molecular formula is C21H23N3O4S3. The molecule has 0 aliphatic heterocycles. The van der Waals surface area contributed by atoms with Crippen molar-refractivity contribution in [2.24, 2.45) is 0 Å². The number of hydrogen-bond acceptors (Lipinski definition) is 8. The van der Waals surface area contributed by atoms with Gasteiger partial charge in [-0.15, -0.1) is 22.7 Å². The van der Waals surface area contributed by atoms with Gasteiger partial charge in [-0.3, -0.25) is 14.2 Å². The van der Waals surface area contributed by atoms with Gasteiger partial charge in [-0.2, -0.15) is 11.3 Å². The zero-order valence-electron chi connectivity index (χ0n) is 17.5. The molecule has 3 rings (SSSR count). The second-order valence-electron chi connectivity index (χ2n) is 6.39. The Morgan fingerprint density at radius 3 is 2.65 bits per heavy atom. The molecule has 0 fully saturated rings. The summed E-state index contributed by atoms with van der Waals surface area (Å²) >= 11 is 4.24. The molecular weight excluding hydrogens is 454 g/mol. The van der Waals surface area contributed by atoms with E-state index in [2.05, 4.69) is 4.98 Å². The first-order valence-electron chi connectivity index (χ1n) is 9.82. The number of aromatic nitrogens is 2. The Morgan fingerprint density at radius 1 is 1.23 bits per heavy atom. The fourth-order valence-electron chi connectivity index (χ4n) is 2.89. The summed E-state index contributed by atoms with van der Waals surface area (Å²) in [5.41, 5.74) is 1.37. The van der Waals surface area contributed by atoms with Gasteiger partial charge in [-0.25, -0.2) is 9.78 Å². The van der Waals surface area contributed by atoms with Crippen molar-refractivity contribution in [3.8, 4) is 10.6 Å². The normalized spacial score (nSPS) is 12.4. The van der Waals surface area contributed by atoms with Gasteiger partial charge >= 0.3 is 5.97 Å². The molecule has 0 aliphatic carbocycles. The van der Waals surface area contributed by atoms with Gasteiger partial charge in [0.2, 0.25) is 5.91 Å². The van der Waals surface area contributed by atoms with Gasteiger partial charge in [0.05, 0.1) is 22.9 Å². The van der Waals surface area contributed by atoms with E-state index in [0.29, 0.717) is 28.0 Å². The van der Waals surface area contributed by atoms with Crippen LogP contribution in [0.15, 0.2) is 27.0 Å². The van der Waals surface area contributed by atoms with Gasteiger partial charge in [0.25, 0.3) is 5.56 Å². The van der Waals surface area contributed by atoms with Crippen LogP contribution < -0.4 is 14.8 Å². The predicted octanol–water partition coefficient (Wildman–Crippen LogP) is 2.14. The van der Waals surface area contributed by atoms with Gasteiger partial charge in [0, 0.05) is 29.4 Å². The molecule has 0 saturated heterocycles. The maximum Gasteiger partial charge on any atom is 0.333 e. The molecule has 0 saturated carbocycles. The van der Waals surface area contributed by atoms with Gasteiger partial charge in [-0.1, -0.05) is 0 Å². The van der Waals surface area contributed by atoms with Crippen LogP contribution in [0.1, 0.15) is 26.5 Å². The second-order valence-corrected chi connectivity index (χ2v) is 9.09. The number of thiazole rings is 2. The Balaban J connectivity index is 2.04. The highest BCUT2D eigenvalue weighted by Gasteiger charge is 2.15. The van der Waals surface area contributed by atoms with Crippen LogP contribution in [0.5, 0.6) is 0 Å². The molecule has 3 heterocycles. The number of nitrogens with zero attached hydrogens (tertiary/aromatic N) is 3. The number of amides is 1. The lowest BCUT2D eigenvalue weighted by atomic mass is 10.3. The molecule has 0 radical (unpaired) electrons. The van der Waals surface area contributed by atoms with Crippen molar-refractivity contribution in [1.29, 1.82) is 0 Å². The Morgan fingerprint density at radius 2 is 2.00 bits per heavy atom.